The fraction of sp³-hybridized carbons (Fsp3) is 0.224. The molecule has 0 bridgehead atoms. The van der Waals surface area contributed by atoms with E-state index in [1.165, 1.54) is 114 Å². The van der Waals surface area contributed by atoms with Crippen LogP contribution in [0.3, 0.4) is 0 Å². The van der Waals surface area contributed by atoms with Crippen LogP contribution in [0.5, 0.6) is 5.75 Å². The van der Waals surface area contributed by atoms with Crippen LogP contribution >= 0.6 is 11.3 Å². The molecule has 1 aliphatic carbocycles. The molecule has 0 N–H and O–H groups in total. The van der Waals surface area contributed by atoms with Crippen molar-refractivity contribution >= 4 is 93.8 Å². The SMILES string of the molecule is C=C1C=C(c2ccccc2)Oc2cc3c(cc21)B1c2c(c4c5ccccc5sc4c4c5cc(C(C)(C)C)ccc5n-3c24)-c2cc3c(cc2N1c1ccc(C(C)(C)C)cc1)-c1ccc(C(C)(C)C)cc1C3(C)C. The Bertz CT molecular complexity index is 4100. The maximum atomic E-state index is 7.03. The lowest BCUT2D eigenvalue weighted by molar-refractivity contribution is 0.509. The third kappa shape index (κ3) is 5.92. The van der Waals surface area contributed by atoms with E-state index in [2.05, 4.69) is 231 Å². The van der Waals surface area contributed by atoms with Gasteiger partial charge in [0, 0.05) is 76.2 Å². The lowest BCUT2D eigenvalue weighted by Crippen LogP contribution is -2.60. The molecule has 72 heavy (non-hydrogen) atoms. The summed E-state index contributed by atoms with van der Waals surface area (Å²) >= 11 is 1.96. The summed E-state index contributed by atoms with van der Waals surface area (Å²) in [5.74, 6) is 1.64. The van der Waals surface area contributed by atoms with E-state index in [4.69, 9.17) is 11.3 Å². The van der Waals surface area contributed by atoms with Gasteiger partial charge in [-0.2, -0.15) is 0 Å². The molecule has 3 nitrogen and oxygen atoms in total. The number of ether oxygens (including phenoxy) is 1. The molecule has 0 spiro atoms. The second-order valence-corrected chi connectivity index (χ2v) is 25.7. The predicted octanol–water partition coefficient (Wildman–Crippen LogP) is 17.0. The largest absolute Gasteiger partial charge is 0.456 e. The number of fused-ring (bicyclic) bond motifs is 17. The van der Waals surface area contributed by atoms with Crippen molar-refractivity contribution in [2.45, 2.75) is 97.8 Å². The van der Waals surface area contributed by atoms with Gasteiger partial charge in [-0.3, -0.25) is 0 Å². The monoisotopic (exact) mass is 950 g/mol. The second-order valence-electron chi connectivity index (χ2n) is 24.7. The molecular weight excluding hydrogens is 892 g/mol. The molecule has 8 aromatic carbocycles. The van der Waals surface area contributed by atoms with E-state index >= 15 is 0 Å². The van der Waals surface area contributed by atoms with Crippen LogP contribution in [0, 0.1) is 0 Å². The molecule has 5 heterocycles. The van der Waals surface area contributed by atoms with Crippen LogP contribution in [0.4, 0.5) is 11.4 Å². The van der Waals surface area contributed by atoms with E-state index in [1.54, 1.807) is 0 Å². The number of hydrogen-bond acceptors (Lipinski definition) is 3. The van der Waals surface area contributed by atoms with Gasteiger partial charge < -0.3 is 14.1 Å². The molecule has 0 saturated heterocycles. The van der Waals surface area contributed by atoms with Crippen molar-refractivity contribution in [3.05, 3.63) is 191 Å². The van der Waals surface area contributed by atoms with Crippen LogP contribution in [-0.2, 0) is 21.7 Å². The molecular formula is C67H59BN2OS. The Morgan fingerprint density at radius 1 is 0.583 bits per heavy atom. The molecule has 0 amide bonds. The fourth-order valence-electron chi connectivity index (χ4n) is 12.8. The first-order valence-corrected chi connectivity index (χ1v) is 26.6. The zero-order valence-electron chi connectivity index (χ0n) is 43.4. The van der Waals surface area contributed by atoms with Crippen LogP contribution in [0.1, 0.15) is 115 Å². The molecule has 0 unspecified atom stereocenters. The predicted molar refractivity (Wildman–Crippen MR) is 310 cm³/mol. The average Bonchev–Trinajstić information content (AvgIpc) is 3.97. The summed E-state index contributed by atoms with van der Waals surface area (Å²) in [7, 11) is 0. The van der Waals surface area contributed by atoms with Gasteiger partial charge in [0.15, 0.2) is 0 Å². The summed E-state index contributed by atoms with van der Waals surface area (Å²) in [6.45, 7) is 30.4. The maximum Gasteiger partial charge on any atom is 0.333 e. The minimum Gasteiger partial charge on any atom is -0.456 e. The molecule has 14 rings (SSSR count). The first-order chi connectivity index (χ1) is 34.3. The summed E-state index contributed by atoms with van der Waals surface area (Å²) in [5.41, 5.74) is 23.6. The van der Waals surface area contributed by atoms with Gasteiger partial charge in [0.25, 0.3) is 0 Å². The zero-order chi connectivity index (χ0) is 49.7. The lowest BCUT2D eigenvalue weighted by atomic mass is 9.43. The Hall–Kier alpha value is -7.08. The van der Waals surface area contributed by atoms with Crippen molar-refractivity contribution in [3.8, 4) is 33.7 Å². The van der Waals surface area contributed by atoms with Gasteiger partial charge in [0.2, 0.25) is 0 Å². The van der Waals surface area contributed by atoms with E-state index in [9.17, 15) is 0 Å². The zero-order valence-corrected chi connectivity index (χ0v) is 44.2. The van der Waals surface area contributed by atoms with Gasteiger partial charge in [0.1, 0.15) is 11.5 Å². The number of nitrogens with zero attached hydrogens (tertiary/aromatic N) is 2. The van der Waals surface area contributed by atoms with E-state index in [1.807, 2.05) is 11.3 Å². The molecule has 0 radical (unpaired) electrons. The van der Waals surface area contributed by atoms with E-state index < -0.39 is 0 Å². The number of rotatable bonds is 2. The van der Waals surface area contributed by atoms with Crippen LogP contribution in [0.2, 0.25) is 0 Å². The molecule has 5 heteroatoms. The number of benzene rings is 8. The first kappa shape index (κ1) is 43.7. The quantitative estimate of drug-likeness (QED) is 0.161. The maximum absolute atomic E-state index is 7.03. The third-order valence-electron chi connectivity index (χ3n) is 16.8. The summed E-state index contributed by atoms with van der Waals surface area (Å²) in [5, 5.41) is 5.31. The summed E-state index contributed by atoms with van der Waals surface area (Å²) in [6.07, 6.45) is 2.12. The van der Waals surface area contributed by atoms with Crippen molar-refractivity contribution in [1.82, 2.24) is 4.57 Å². The second kappa shape index (κ2) is 14.3. The number of hydrogen-bond donors (Lipinski definition) is 0. The molecule has 4 aliphatic rings. The average molecular weight is 951 g/mol. The Morgan fingerprint density at radius 2 is 1.25 bits per heavy atom. The van der Waals surface area contributed by atoms with Gasteiger partial charge in [-0.05, 0) is 126 Å². The van der Waals surface area contributed by atoms with Crippen molar-refractivity contribution in [2.75, 3.05) is 4.81 Å². The number of allylic oxidation sites excluding steroid dienone is 2. The highest BCUT2D eigenvalue weighted by molar-refractivity contribution is 7.27. The van der Waals surface area contributed by atoms with Gasteiger partial charge in [-0.25, -0.2) is 0 Å². The van der Waals surface area contributed by atoms with Gasteiger partial charge >= 0.3 is 6.85 Å². The summed E-state index contributed by atoms with van der Waals surface area (Å²) in [4.78, 5) is 2.71. The van der Waals surface area contributed by atoms with Crippen molar-refractivity contribution in [3.63, 3.8) is 0 Å². The molecule has 0 fully saturated rings. The highest BCUT2D eigenvalue weighted by Gasteiger charge is 2.48. The minimum absolute atomic E-state index is 0.000559. The van der Waals surface area contributed by atoms with Crippen molar-refractivity contribution < 1.29 is 4.74 Å². The molecule has 10 aromatic rings. The summed E-state index contributed by atoms with van der Waals surface area (Å²) < 4.78 is 12.3. The molecule has 0 atom stereocenters. The van der Waals surface area contributed by atoms with Crippen LogP contribution in [-0.4, -0.2) is 11.4 Å². The Balaban J connectivity index is 1.17. The van der Waals surface area contributed by atoms with Crippen LogP contribution in [0.25, 0.3) is 81.3 Å². The van der Waals surface area contributed by atoms with E-state index in [0.717, 1.165) is 33.9 Å². The van der Waals surface area contributed by atoms with E-state index in [0.29, 0.717) is 0 Å². The number of thiophene rings is 1. The number of anilines is 2. The third-order valence-corrected chi connectivity index (χ3v) is 17.9. The molecule has 0 saturated carbocycles. The Labute approximate surface area is 428 Å². The molecule has 352 valence electrons. The molecule has 2 aromatic heterocycles. The van der Waals surface area contributed by atoms with Gasteiger partial charge in [-0.1, -0.05) is 174 Å². The normalized spacial score (nSPS) is 15.4. The Kier molecular flexibility index (Phi) is 8.69. The first-order valence-electron chi connectivity index (χ1n) is 25.8. The standard InChI is InChI=1S/C67H59BN2OS/c1-37-30-55(38-18-14-13-15-19-38)71-56-36-54-51(34-45(37)56)68-61-58(59-44-20-16-17-21-57(44)72-63(59)60-47-31-40(65(5,6)7)25-29-52(47)69(54)62(60)61)48-33-50-46(43-28-24-41(66(8,9)10)32-49(43)67(50,11)12)35-53(48)70(68)42-26-22-39(23-27-42)64(2,3)4/h13-36H,1H2,2-12H3. The number of aromatic nitrogens is 1. The van der Waals surface area contributed by atoms with Crippen molar-refractivity contribution in [1.29, 1.82) is 0 Å². The summed E-state index contributed by atoms with van der Waals surface area (Å²) in [6, 6.07) is 53.6. The van der Waals surface area contributed by atoms with Crippen LogP contribution in [0.15, 0.2) is 152 Å². The molecule has 3 aliphatic heterocycles. The van der Waals surface area contributed by atoms with Gasteiger partial charge in [0.05, 0.1) is 11.0 Å². The van der Waals surface area contributed by atoms with E-state index in [-0.39, 0.29) is 28.5 Å². The fourth-order valence-corrected chi connectivity index (χ4v) is 14.1. The highest BCUT2D eigenvalue weighted by atomic mass is 32.1. The topological polar surface area (TPSA) is 17.4 Å². The Morgan fingerprint density at radius 3 is 1.99 bits per heavy atom. The smallest absolute Gasteiger partial charge is 0.333 e. The highest BCUT2D eigenvalue weighted by Crippen LogP contribution is 2.58. The van der Waals surface area contributed by atoms with Crippen molar-refractivity contribution in [2.24, 2.45) is 0 Å². The van der Waals surface area contributed by atoms with Gasteiger partial charge in [-0.15, -0.1) is 11.3 Å². The van der Waals surface area contributed by atoms with Crippen LogP contribution < -0.4 is 20.5 Å². The minimum atomic E-state index is -0.218. The lowest BCUT2D eigenvalue weighted by Gasteiger charge is -2.43.